The number of hydrogen-bond acceptors (Lipinski definition) is 7. The molecular formula is C23H27F2N7O2. The molecule has 0 saturated heterocycles. The lowest BCUT2D eigenvalue weighted by Crippen LogP contribution is -2.36. The maximum absolute atomic E-state index is 12.7. The number of fused-ring (bicyclic) bond motifs is 2. The fourth-order valence-corrected chi connectivity index (χ4v) is 4.51. The van der Waals surface area contributed by atoms with Gasteiger partial charge in [-0.2, -0.15) is 4.98 Å². The molecule has 1 aliphatic rings. The van der Waals surface area contributed by atoms with Crippen LogP contribution in [0.4, 0.5) is 14.7 Å². The first-order valence-electron chi connectivity index (χ1n) is 11.4. The lowest BCUT2D eigenvalue weighted by Gasteiger charge is -2.33. The van der Waals surface area contributed by atoms with Crippen LogP contribution in [0.15, 0.2) is 30.5 Å². The summed E-state index contributed by atoms with van der Waals surface area (Å²) in [6, 6.07) is 7.71. The summed E-state index contributed by atoms with van der Waals surface area (Å²) < 4.78 is 34.2. The minimum atomic E-state index is -2.40. The zero-order chi connectivity index (χ0) is 23.9. The average molecular weight is 472 g/mol. The summed E-state index contributed by atoms with van der Waals surface area (Å²) in [6.45, 7) is 1.96. The quantitative estimate of drug-likeness (QED) is 0.421. The van der Waals surface area contributed by atoms with Gasteiger partial charge in [-0.05, 0) is 56.4 Å². The van der Waals surface area contributed by atoms with Crippen molar-refractivity contribution in [3.05, 3.63) is 30.5 Å². The van der Waals surface area contributed by atoms with Gasteiger partial charge in [0.25, 0.3) is 0 Å². The average Bonchev–Trinajstić information content (AvgIpc) is 3.42. The van der Waals surface area contributed by atoms with E-state index in [1.807, 2.05) is 37.4 Å². The molecule has 1 aliphatic carbocycles. The summed E-state index contributed by atoms with van der Waals surface area (Å²) in [5.41, 5.74) is 3.12. The topological polar surface area (TPSA) is 102 Å². The van der Waals surface area contributed by atoms with Crippen molar-refractivity contribution >= 4 is 22.5 Å². The fraction of sp³-hybridized carbons (Fsp3) is 0.478. The van der Waals surface area contributed by atoms with Gasteiger partial charge in [0.05, 0.1) is 18.2 Å². The van der Waals surface area contributed by atoms with E-state index in [1.54, 1.807) is 11.6 Å². The Bertz CT molecular complexity index is 1310. The lowest BCUT2D eigenvalue weighted by molar-refractivity contribution is 0.0195. The molecule has 3 heterocycles. The Labute approximate surface area is 194 Å². The number of rotatable bonds is 7. The number of aliphatic hydroxyl groups is 1. The van der Waals surface area contributed by atoms with E-state index >= 15 is 0 Å². The van der Waals surface area contributed by atoms with Crippen molar-refractivity contribution in [1.82, 2.24) is 29.6 Å². The maximum atomic E-state index is 12.7. The van der Waals surface area contributed by atoms with Crippen molar-refractivity contribution in [2.24, 2.45) is 0 Å². The second kappa shape index (κ2) is 8.79. The molecule has 2 N–H and O–H groups in total. The highest BCUT2D eigenvalue weighted by atomic mass is 19.3. The molecule has 0 unspecified atom stereocenters. The molecular weight excluding hydrogens is 444 g/mol. The molecule has 3 aromatic heterocycles. The van der Waals surface area contributed by atoms with Crippen LogP contribution in [-0.2, 0) is 6.54 Å². The second-order valence-electron chi connectivity index (χ2n) is 9.08. The molecule has 5 rings (SSSR count). The Morgan fingerprint density at radius 1 is 1.26 bits per heavy atom. The van der Waals surface area contributed by atoms with Gasteiger partial charge in [0, 0.05) is 30.8 Å². The zero-order valence-electron chi connectivity index (χ0n) is 19.1. The fourth-order valence-electron chi connectivity index (χ4n) is 4.51. The number of hydrogen-bond donors (Lipinski definition) is 2. The summed E-state index contributed by atoms with van der Waals surface area (Å²) in [4.78, 5) is 4.59. The van der Waals surface area contributed by atoms with E-state index < -0.39 is 12.0 Å². The van der Waals surface area contributed by atoms with Gasteiger partial charge in [-0.3, -0.25) is 0 Å². The first kappa shape index (κ1) is 22.5. The number of halogens is 2. The van der Waals surface area contributed by atoms with E-state index in [4.69, 9.17) is 4.74 Å². The first-order valence-corrected chi connectivity index (χ1v) is 11.4. The van der Waals surface area contributed by atoms with E-state index in [1.165, 1.54) is 4.68 Å². The normalized spacial score (nSPS) is 20.9. The molecule has 0 bridgehead atoms. The summed E-state index contributed by atoms with van der Waals surface area (Å²) in [7, 11) is 1.56. The Morgan fingerprint density at radius 3 is 2.79 bits per heavy atom. The van der Waals surface area contributed by atoms with Crippen molar-refractivity contribution in [1.29, 1.82) is 0 Å². The molecule has 1 aromatic carbocycles. The molecule has 1 saturated carbocycles. The van der Waals surface area contributed by atoms with Crippen molar-refractivity contribution in [2.45, 2.75) is 63.6 Å². The molecule has 0 spiro atoms. The summed E-state index contributed by atoms with van der Waals surface area (Å²) in [6.07, 6.45) is 2.27. The molecule has 4 aromatic rings. The van der Waals surface area contributed by atoms with Gasteiger partial charge >= 0.3 is 0 Å². The van der Waals surface area contributed by atoms with Crippen LogP contribution in [0.25, 0.3) is 27.7 Å². The second-order valence-corrected chi connectivity index (χ2v) is 9.08. The highest BCUT2D eigenvalue weighted by molar-refractivity contribution is 5.89. The summed E-state index contributed by atoms with van der Waals surface area (Å²) >= 11 is 0. The number of nitrogens with zero attached hydrogens (tertiary/aromatic N) is 6. The third kappa shape index (κ3) is 4.39. The number of benzene rings is 1. The predicted molar refractivity (Wildman–Crippen MR) is 123 cm³/mol. The van der Waals surface area contributed by atoms with E-state index in [-0.39, 0.29) is 19.0 Å². The van der Waals surface area contributed by atoms with E-state index in [2.05, 4.69) is 25.7 Å². The molecule has 0 radical (unpaired) electrons. The summed E-state index contributed by atoms with van der Waals surface area (Å²) in [5, 5.41) is 26.3. The molecule has 0 atom stereocenters. The van der Waals surface area contributed by atoms with E-state index in [0.717, 1.165) is 36.8 Å². The number of aryl methyl sites for hydroxylation is 1. The Morgan fingerprint density at radius 2 is 2.06 bits per heavy atom. The van der Waals surface area contributed by atoms with Gasteiger partial charge in [-0.15, -0.1) is 10.2 Å². The van der Waals surface area contributed by atoms with Gasteiger partial charge < -0.3 is 15.2 Å². The first-order chi connectivity index (χ1) is 16.3. The van der Waals surface area contributed by atoms with E-state index in [9.17, 15) is 13.9 Å². The molecule has 180 valence electrons. The largest absolute Gasteiger partial charge is 0.479 e. The van der Waals surface area contributed by atoms with Crippen molar-refractivity contribution in [3.63, 3.8) is 0 Å². The van der Waals surface area contributed by atoms with Crippen LogP contribution in [-0.4, -0.2) is 59.9 Å². The van der Waals surface area contributed by atoms with Gasteiger partial charge in [-0.25, -0.2) is 18.0 Å². The van der Waals surface area contributed by atoms with Crippen molar-refractivity contribution in [2.75, 3.05) is 12.4 Å². The third-order valence-electron chi connectivity index (χ3n) is 6.45. The molecule has 34 heavy (non-hydrogen) atoms. The van der Waals surface area contributed by atoms with Crippen LogP contribution >= 0.6 is 0 Å². The maximum Gasteiger partial charge on any atom is 0.244 e. The van der Waals surface area contributed by atoms with Crippen molar-refractivity contribution < 1.29 is 18.6 Å². The Hall–Kier alpha value is -3.34. The monoisotopic (exact) mass is 471 g/mol. The highest BCUT2D eigenvalue weighted by Gasteiger charge is 2.29. The number of ether oxygens (including phenoxy) is 1. The minimum absolute atomic E-state index is 0.0895. The number of anilines is 1. The standard InChI is InChI=1S/C23H27F2N7O2/c1-23(33)9-5-15(6-10-23)26-22-27-21(34-2)20-16(7-11-32(20)29-22)14-3-4-17-18(13-14)31(30-28-17)12-8-19(24)25/h3-4,7,11,13,15,19,33H,5-6,8-10,12H2,1-2H3,(H,26,29). The Kier molecular flexibility index (Phi) is 5.80. The minimum Gasteiger partial charge on any atom is -0.479 e. The predicted octanol–water partition coefficient (Wildman–Crippen LogP) is 3.91. The molecule has 9 nitrogen and oxygen atoms in total. The molecule has 0 aliphatic heterocycles. The zero-order valence-corrected chi connectivity index (χ0v) is 19.1. The third-order valence-corrected chi connectivity index (χ3v) is 6.45. The van der Waals surface area contributed by atoms with Gasteiger partial charge in [0.15, 0.2) is 0 Å². The molecule has 11 heteroatoms. The summed E-state index contributed by atoms with van der Waals surface area (Å²) in [5.74, 6) is 0.882. The van der Waals surface area contributed by atoms with Crippen LogP contribution in [0.2, 0.25) is 0 Å². The number of nitrogens with one attached hydrogen (secondary N) is 1. The lowest BCUT2D eigenvalue weighted by atomic mass is 9.84. The number of aromatic nitrogens is 6. The van der Waals surface area contributed by atoms with Gasteiger partial charge in [0.2, 0.25) is 18.3 Å². The van der Waals surface area contributed by atoms with Crippen LogP contribution < -0.4 is 10.1 Å². The van der Waals surface area contributed by atoms with Crippen LogP contribution in [0.5, 0.6) is 5.88 Å². The number of methoxy groups -OCH3 is 1. The van der Waals surface area contributed by atoms with E-state index in [0.29, 0.717) is 28.4 Å². The SMILES string of the molecule is COc1nc(NC2CCC(C)(O)CC2)nn2ccc(-c3ccc4nnn(CCC(F)F)c4c3)c12. The molecule has 1 fully saturated rings. The smallest absolute Gasteiger partial charge is 0.244 e. The van der Waals surface area contributed by atoms with Crippen LogP contribution in [0.1, 0.15) is 39.0 Å². The van der Waals surface area contributed by atoms with Gasteiger partial charge in [0.1, 0.15) is 11.0 Å². The Balaban J connectivity index is 1.46. The van der Waals surface area contributed by atoms with Crippen LogP contribution in [0, 0.1) is 0 Å². The van der Waals surface area contributed by atoms with Crippen LogP contribution in [0.3, 0.4) is 0 Å². The molecule has 0 amide bonds. The highest BCUT2D eigenvalue weighted by Crippen LogP contribution is 2.34. The van der Waals surface area contributed by atoms with Gasteiger partial charge in [-0.1, -0.05) is 11.3 Å². The number of alkyl halides is 2. The van der Waals surface area contributed by atoms with Crippen molar-refractivity contribution in [3.8, 4) is 17.0 Å².